The highest BCUT2D eigenvalue weighted by atomic mass is 32.2. The van der Waals surface area contributed by atoms with Gasteiger partial charge < -0.3 is 4.90 Å². The van der Waals surface area contributed by atoms with E-state index in [4.69, 9.17) is 0 Å². The van der Waals surface area contributed by atoms with Gasteiger partial charge in [0.2, 0.25) is 15.9 Å². The zero-order valence-corrected chi connectivity index (χ0v) is 15.8. The molecule has 0 saturated carbocycles. The van der Waals surface area contributed by atoms with Crippen LogP contribution in [0.25, 0.3) is 0 Å². The van der Waals surface area contributed by atoms with Gasteiger partial charge in [0.25, 0.3) is 0 Å². The fourth-order valence-corrected chi connectivity index (χ4v) is 3.98. The van der Waals surface area contributed by atoms with E-state index in [0.29, 0.717) is 18.8 Å². The zero-order valence-electron chi connectivity index (χ0n) is 15.0. The molecule has 0 fully saturated rings. The quantitative estimate of drug-likeness (QED) is 0.767. The lowest BCUT2D eigenvalue weighted by Gasteiger charge is -2.27. The Balaban J connectivity index is 3.12. The highest BCUT2D eigenvalue weighted by Gasteiger charge is 2.23. The Morgan fingerprint density at radius 2 is 1.52 bits per heavy atom. The van der Waals surface area contributed by atoms with Crippen LogP contribution in [0.1, 0.15) is 37.0 Å². The number of rotatable bonds is 7. The second-order valence-electron chi connectivity index (χ2n) is 5.90. The molecule has 5 nitrogen and oxygen atoms in total. The van der Waals surface area contributed by atoms with Crippen LogP contribution < -0.4 is 4.31 Å². The molecule has 0 radical (unpaired) electrons. The lowest BCUT2D eigenvalue weighted by Crippen LogP contribution is -2.37. The molecule has 0 spiro atoms. The summed E-state index contributed by atoms with van der Waals surface area (Å²) in [6.07, 6.45) is 1.37. The van der Waals surface area contributed by atoms with E-state index in [1.165, 1.54) is 10.6 Å². The fraction of sp³-hybridized carbons (Fsp3) is 0.588. The van der Waals surface area contributed by atoms with E-state index in [9.17, 15) is 13.2 Å². The Kier molecular flexibility index (Phi) is 6.62. The van der Waals surface area contributed by atoms with Gasteiger partial charge in [0.05, 0.1) is 11.9 Å². The summed E-state index contributed by atoms with van der Waals surface area (Å²) >= 11 is 0. The molecule has 0 atom stereocenters. The Bertz CT molecular complexity index is 641. The Morgan fingerprint density at radius 1 is 1.04 bits per heavy atom. The van der Waals surface area contributed by atoms with E-state index in [-0.39, 0.29) is 18.9 Å². The lowest BCUT2D eigenvalue weighted by molar-refractivity contribution is -0.130. The topological polar surface area (TPSA) is 57.7 Å². The minimum absolute atomic E-state index is 0.0222. The molecule has 0 saturated heterocycles. The number of hydrogen-bond donors (Lipinski definition) is 0. The average molecular weight is 340 g/mol. The summed E-state index contributed by atoms with van der Waals surface area (Å²) in [4.78, 5) is 13.9. The van der Waals surface area contributed by atoms with Crippen LogP contribution in [0.15, 0.2) is 12.1 Å². The molecule has 23 heavy (non-hydrogen) atoms. The molecule has 1 aromatic rings. The Hall–Kier alpha value is -1.56. The van der Waals surface area contributed by atoms with E-state index in [1.54, 1.807) is 4.90 Å². The van der Waals surface area contributed by atoms with Crippen LogP contribution in [0, 0.1) is 20.8 Å². The van der Waals surface area contributed by atoms with Crippen molar-refractivity contribution < 1.29 is 13.2 Å². The third kappa shape index (κ3) is 4.96. The molecular weight excluding hydrogens is 312 g/mol. The Labute approximate surface area is 140 Å². The maximum absolute atomic E-state index is 12.2. The third-order valence-corrected chi connectivity index (χ3v) is 5.10. The number of benzene rings is 1. The SMILES string of the molecule is CCN(CC)C(=O)CCN(c1c(C)cc(C)cc1C)S(C)(=O)=O. The Morgan fingerprint density at radius 3 is 1.91 bits per heavy atom. The summed E-state index contributed by atoms with van der Waals surface area (Å²) < 4.78 is 25.8. The van der Waals surface area contributed by atoms with Crippen molar-refractivity contribution in [1.29, 1.82) is 0 Å². The van der Waals surface area contributed by atoms with Crippen molar-refractivity contribution in [3.8, 4) is 0 Å². The van der Waals surface area contributed by atoms with Crippen LogP contribution in [-0.2, 0) is 14.8 Å². The van der Waals surface area contributed by atoms with E-state index in [0.717, 1.165) is 16.7 Å². The molecule has 130 valence electrons. The van der Waals surface area contributed by atoms with Gasteiger partial charge in [0.15, 0.2) is 0 Å². The first-order valence-electron chi connectivity index (χ1n) is 7.95. The molecule has 0 unspecified atom stereocenters. The molecule has 0 bridgehead atoms. The standard InChI is InChI=1S/C17H28N2O3S/c1-7-18(8-2)16(20)9-10-19(23(6,21)22)17-14(4)11-13(3)12-15(17)5/h11-12H,7-10H2,1-6H3. The first-order chi connectivity index (χ1) is 10.6. The molecule has 0 aliphatic carbocycles. The largest absolute Gasteiger partial charge is 0.343 e. The predicted octanol–water partition coefficient (Wildman–Crippen LogP) is 2.64. The summed E-state index contributed by atoms with van der Waals surface area (Å²) in [6.45, 7) is 11.1. The van der Waals surface area contributed by atoms with Crippen molar-refractivity contribution in [1.82, 2.24) is 4.90 Å². The molecule has 0 aromatic heterocycles. The number of nitrogens with zero attached hydrogens (tertiary/aromatic N) is 2. The molecule has 1 aromatic carbocycles. The molecule has 6 heteroatoms. The first-order valence-corrected chi connectivity index (χ1v) is 9.79. The highest BCUT2D eigenvalue weighted by molar-refractivity contribution is 7.92. The van der Waals surface area contributed by atoms with Gasteiger partial charge in [-0.25, -0.2) is 8.42 Å². The number of carbonyl (C=O) groups is 1. The van der Waals surface area contributed by atoms with Crippen molar-refractivity contribution in [3.05, 3.63) is 28.8 Å². The van der Waals surface area contributed by atoms with Gasteiger partial charge in [-0.3, -0.25) is 9.10 Å². The monoisotopic (exact) mass is 340 g/mol. The smallest absolute Gasteiger partial charge is 0.232 e. The minimum atomic E-state index is -3.45. The number of anilines is 1. The van der Waals surface area contributed by atoms with E-state index in [1.807, 2.05) is 46.8 Å². The number of aryl methyl sites for hydroxylation is 3. The van der Waals surface area contributed by atoms with Gasteiger partial charge >= 0.3 is 0 Å². The number of hydrogen-bond acceptors (Lipinski definition) is 3. The summed E-state index contributed by atoms with van der Waals surface area (Å²) in [7, 11) is -3.45. The molecule has 0 N–H and O–H groups in total. The van der Waals surface area contributed by atoms with E-state index < -0.39 is 10.0 Å². The summed E-state index contributed by atoms with van der Waals surface area (Å²) in [5.74, 6) is -0.0222. The molecule has 1 rings (SSSR count). The van der Waals surface area contributed by atoms with Crippen LogP contribution in [0.5, 0.6) is 0 Å². The predicted molar refractivity (Wildman–Crippen MR) is 95.4 cm³/mol. The van der Waals surface area contributed by atoms with Crippen LogP contribution in [0.2, 0.25) is 0 Å². The van der Waals surface area contributed by atoms with Crippen LogP contribution >= 0.6 is 0 Å². The van der Waals surface area contributed by atoms with Crippen molar-refractivity contribution in [2.24, 2.45) is 0 Å². The van der Waals surface area contributed by atoms with Crippen molar-refractivity contribution >= 4 is 21.6 Å². The van der Waals surface area contributed by atoms with Crippen molar-refractivity contribution in [2.75, 3.05) is 30.2 Å². The lowest BCUT2D eigenvalue weighted by atomic mass is 10.1. The molecule has 0 aliphatic rings. The first kappa shape index (κ1) is 19.5. The van der Waals surface area contributed by atoms with Crippen LogP contribution in [0.3, 0.4) is 0 Å². The summed E-state index contributed by atoms with van der Waals surface area (Å²) in [5, 5.41) is 0. The van der Waals surface area contributed by atoms with E-state index >= 15 is 0 Å². The average Bonchev–Trinajstić information content (AvgIpc) is 2.41. The third-order valence-electron chi connectivity index (χ3n) is 3.93. The van der Waals surface area contributed by atoms with Gasteiger partial charge in [0, 0.05) is 26.1 Å². The van der Waals surface area contributed by atoms with Gasteiger partial charge in [-0.15, -0.1) is 0 Å². The normalized spacial score (nSPS) is 11.4. The van der Waals surface area contributed by atoms with E-state index in [2.05, 4.69) is 0 Å². The van der Waals surface area contributed by atoms with Gasteiger partial charge in [-0.1, -0.05) is 17.7 Å². The maximum Gasteiger partial charge on any atom is 0.232 e. The summed E-state index contributed by atoms with van der Waals surface area (Å²) in [5.41, 5.74) is 3.59. The van der Waals surface area contributed by atoms with Crippen molar-refractivity contribution in [3.63, 3.8) is 0 Å². The van der Waals surface area contributed by atoms with Crippen LogP contribution in [-0.4, -0.2) is 45.1 Å². The minimum Gasteiger partial charge on any atom is -0.343 e. The second kappa shape index (κ2) is 7.81. The number of amides is 1. The fourth-order valence-electron chi connectivity index (χ4n) is 2.94. The summed E-state index contributed by atoms with van der Waals surface area (Å²) in [6, 6.07) is 3.93. The molecule has 0 aliphatic heterocycles. The van der Waals surface area contributed by atoms with Gasteiger partial charge in [-0.05, 0) is 45.7 Å². The highest BCUT2D eigenvalue weighted by Crippen LogP contribution is 2.28. The van der Waals surface area contributed by atoms with Gasteiger partial charge in [-0.2, -0.15) is 0 Å². The molecule has 0 heterocycles. The van der Waals surface area contributed by atoms with Crippen molar-refractivity contribution in [2.45, 2.75) is 41.0 Å². The maximum atomic E-state index is 12.2. The second-order valence-corrected chi connectivity index (χ2v) is 7.81. The zero-order chi connectivity index (χ0) is 17.8. The number of carbonyl (C=O) groups excluding carboxylic acids is 1. The van der Waals surface area contributed by atoms with Gasteiger partial charge in [0.1, 0.15) is 0 Å². The van der Waals surface area contributed by atoms with Crippen LogP contribution in [0.4, 0.5) is 5.69 Å². The molecular formula is C17H28N2O3S. The number of sulfonamides is 1. The molecule has 1 amide bonds.